The van der Waals surface area contributed by atoms with Gasteiger partial charge in [-0.3, -0.25) is 4.79 Å². The molecular weight excluding hydrogens is 352 g/mol. The molecule has 7 heteroatoms. The van der Waals surface area contributed by atoms with E-state index in [4.69, 9.17) is 9.84 Å². The zero-order chi connectivity index (χ0) is 18.4. The average molecular weight is 372 g/mol. The second-order valence-corrected chi connectivity index (χ2v) is 7.30. The quantitative estimate of drug-likeness (QED) is 0.807. The van der Waals surface area contributed by atoms with Crippen LogP contribution in [0.1, 0.15) is 39.3 Å². The van der Waals surface area contributed by atoms with Crippen molar-refractivity contribution in [3.8, 4) is 0 Å². The van der Waals surface area contributed by atoms with Gasteiger partial charge in [-0.15, -0.1) is 0 Å². The summed E-state index contributed by atoms with van der Waals surface area (Å²) in [6.45, 7) is 1.66. The highest BCUT2D eigenvalue weighted by Gasteiger charge is 2.14. The Morgan fingerprint density at radius 1 is 1.23 bits per heavy atom. The molecule has 3 rings (SSSR count). The van der Waals surface area contributed by atoms with Gasteiger partial charge in [0, 0.05) is 41.7 Å². The summed E-state index contributed by atoms with van der Waals surface area (Å²) < 4.78 is 5.38. The molecule has 0 unspecified atom stereocenters. The van der Waals surface area contributed by atoms with Gasteiger partial charge in [0.1, 0.15) is 5.69 Å². The third-order valence-corrected chi connectivity index (χ3v) is 5.52. The molecule has 0 bridgehead atoms. The highest BCUT2D eigenvalue weighted by Crippen LogP contribution is 2.26. The number of ether oxygens (including phenoxy) is 1. The molecule has 0 radical (unpaired) electrons. The van der Waals surface area contributed by atoms with E-state index in [0.717, 1.165) is 37.4 Å². The summed E-state index contributed by atoms with van der Waals surface area (Å²) in [7, 11) is 0. The number of carboxylic acid groups (broad SMARTS) is 1. The van der Waals surface area contributed by atoms with Gasteiger partial charge in [-0.1, -0.05) is 12.1 Å². The van der Waals surface area contributed by atoms with Crippen molar-refractivity contribution in [2.24, 2.45) is 0 Å². The van der Waals surface area contributed by atoms with Crippen molar-refractivity contribution in [3.05, 3.63) is 59.4 Å². The molecule has 1 aliphatic rings. The van der Waals surface area contributed by atoms with E-state index in [2.05, 4.69) is 10.3 Å². The maximum Gasteiger partial charge on any atom is 0.354 e. The summed E-state index contributed by atoms with van der Waals surface area (Å²) in [5, 5.41) is 12.4. The molecule has 1 amide bonds. The summed E-state index contributed by atoms with van der Waals surface area (Å²) >= 11 is 1.91. The van der Waals surface area contributed by atoms with Crippen molar-refractivity contribution in [2.75, 3.05) is 18.5 Å². The van der Waals surface area contributed by atoms with Crippen LogP contribution < -0.4 is 5.32 Å². The van der Waals surface area contributed by atoms with Crippen molar-refractivity contribution in [2.45, 2.75) is 23.8 Å². The van der Waals surface area contributed by atoms with Crippen LogP contribution in [0, 0.1) is 0 Å². The van der Waals surface area contributed by atoms with E-state index in [1.54, 1.807) is 0 Å². The number of carboxylic acids is 1. The number of anilines is 1. The molecule has 2 heterocycles. The number of amides is 1. The maximum atomic E-state index is 12.4. The Morgan fingerprint density at radius 3 is 2.81 bits per heavy atom. The minimum atomic E-state index is -1.16. The Hall–Kier alpha value is -2.38. The summed E-state index contributed by atoms with van der Waals surface area (Å²) in [6, 6.07) is 10.5. The Bertz CT molecular complexity index is 791. The second-order valence-electron chi connectivity index (χ2n) is 6.01. The highest BCUT2D eigenvalue weighted by atomic mass is 32.2. The molecule has 6 nitrogen and oxygen atoms in total. The molecule has 1 saturated heterocycles. The molecule has 1 aromatic carbocycles. The van der Waals surface area contributed by atoms with E-state index in [1.807, 2.05) is 36.0 Å². The summed E-state index contributed by atoms with van der Waals surface area (Å²) in [5.74, 6) is -0.636. The Labute approximate surface area is 156 Å². The van der Waals surface area contributed by atoms with E-state index in [-0.39, 0.29) is 17.2 Å². The predicted molar refractivity (Wildman–Crippen MR) is 101 cm³/mol. The fourth-order valence-electron chi connectivity index (χ4n) is 2.69. The molecule has 1 fully saturated rings. The van der Waals surface area contributed by atoms with Crippen LogP contribution in [-0.4, -0.2) is 40.4 Å². The number of thioether (sulfide) groups is 1. The van der Waals surface area contributed by atoms with E-state index in [0.29, 0.717) is 10.9 Å². The minimum absolute atomic E-state index is 0.153. The maximum absolute atomic E-state index is 12.4. The van der Waals surface area contributed by atoms with E-state index in [9.17, 15) is 9.59 Å². The van der Waals surface area contributed by atoms with Gasteiger partial charge < -0.3 is 15.2 Å². The molecule has 1 aromatic heterocycles. The number of hydrogen-bond acceptors (Lipinski definition) is 5. The Kier molecular flexibility index (Phi) is 6.25. The van der Waals surface area contributed by atoms with Gasteiger partial charge in [0.05, 0.1) is 0 Å². The van der Waals surface area contributed by atoms with Crippen molar-refractivity contribution >= 4 is 29.3 Å². The average Bonchev–Trinajstić information content (AvgIpc) is 2.67. The fourth-order valence-corrected chi connectivity index (χ4v) is 3.82. The summed E-state index contributed by atoms with van der Waals surface area (Å²) in [6.07, 6.45) is 3.48. The lowest BCUT2D eigenvalue weighted by Crippen LogP contribution is -2.17. The first-order chi connectivity index (χ1) is 12.6. The summed E-state index contributed by atoms with van der Waals surface area (Å²) in [5.41, 5.74) is 1.94. The Morgan fingerprint density at radius 2 is 2.04 bits per heavy atom. The topological polar surface area (TPSA) is 88.5 Å². The van der Waals surface area contributed by atoms with E-state index < -0.39 is 5.97 Å². The van der Waals surface area contributed by atoms with Crippen LogP contribution in [0.5, 0.6) is 0 Å². The molecule has 0 atom stereocenters. The van der Waals surface area contributed by atoms with Gasteiger partial charge in [0.15, 0.2) is 0 Å². The number of nitrogens with one attached hydrogen (secondary N) is 1. The van der Waals surface area contributed by atoms with Gasteiger partial charge >= 0.3 is 5.97 Å². The third kappa shape index (κ3) is 5.06. The second kappa shape index (κ2) is 8.82. The zero-order valence-corrected chi connectivity index (χ0v) is 15.0. The van der Waals surface area contributed by atoms with Crippen LogP contribution in [0.4, 0.5) is 5.69 Å². The number of aromatic carboxylic acids is 1. The fraction of sp³-hybridized carbons (Fsp3) is 0.316. The molecule has 1 aliphatic heterocycles. The van der Waals surface area contributed by atoms with Crippen LogP contribution in [-0.2, 0) is 10.5 Å². The monoisotopic (exact) mass is 372 g/mol. The number of benzene rings is 1. The van der Waals surface area contributed by atoms with Crippen molar-refractivity contribution in [1.29, 1.82) is 0 Å². The molecule has 136 valence electrons. The number of carbonyl (C=O) groups is 2. The van der Waals surface area contributed by atoms with Crippen molar-refractivity contribution in [3.63, 3.8) is 0 Å². The lowest BCUT2D eigenvalue weighted by atomic mass is 10.2. The third-order valence-electron chi connectivity index (χ3n) is 4.08. The highest BCUT2D eigenvalue weighted by molar-refractivity contribution is 7.99. The predicted octanol–water partition coefficient (Wildman–Crippen LogP) is 3.44. The van der Waals surface area contributed by atoms with Crippen LogP contribution in [0.3, 0.4) is 0 Å². The van der Waals surface area contributed by atoms with Crippen molar-refractivity contribution in [1.82, 2.24) is 4.98 Å². The number of aromatic nitrogens is 1. The van der Waals surface area contributed by atoms with E-state index >= 15 is 0 Å². The molecule has 2 N–H and O–H groups in total. The lowest BCUT2D eigenvalue weighted by Gasteiger charge is -2.21. The van der Waals surface area contributed by atoms with Crippen LogP contribution in [0.2, 0.25) is 0 Å². The molecule has 0 spiro atoms. The number of carbonyl (C=O) groups excluding carboxylic acids is 1. The standard InChI is InChI=1S/C19H20N2O4S/c22-18(14-4-7-20-17(11-14)19(23)24)21-15-3-1-2-13(10-15)12-26-16-5-8-25-9-6-16/h1-4,7,10-11,16H,5-6,8-9,12H2,(H,21,22)(H,23,24). The number of pyridine rings is 1. The number of hydrogen-bond donors (Lipinski definition) is 2. The van der Waals surface area contributed by atoms with Gasteiger partial charge in [0.2, 0.25) is 0 Å². The SMILES string of the molecule is O=C(Nc1cccc(CSC2CCOCC2)c1)c1ccnc(C(=O)O)c1. The van der Waals surface area contributed by atoms with Gasteiger partial charge in [-0.25, -0.2) is 9.78 Å². The van der Waals surface area contributed by atoms with Crippen molar-refractivity contribution < 1.29 is 19.4 Å². The van der Waals surface area contributed by atoms with Crippen LogP contribution in [0.25, 0.3) is 0 Å². The van der Waals surface area contributed by atoms with Crippen LogP contribution in [0.15, 0.2) is 42.6 Å². The molecular formula is C19H20N2O4S. The minimum Gasteiger partial charge on any atom is -0.477 e. The van der Waals surface area contributed by atoms with Gasteiger partial charge in [-0.05, 0) is 42.7 Å². The van der Waals surface area contributed by atoms with E-state index in [1.165, 1.54) is 18.3 Å². The first-order valence-corrected chi connectivity index (χ1v) is 9.45. The zero-order valence-electron chi connectivity index (χ0n) is 14.2. The van der Waals surface area contributed by atoms with Gasteiger partial charge in [0.25, 0.3) is 5.91 Å². The lowest BCUT2D eigenvalue weighted by molar-refractivity contribution is 0.0690. The Balaban J connectivity index is 1.61. The first-order valence-electron chi connectivity index (χ1n) is 8.41. The number of nitrogens with zero attached hydrogens (tertiary/aromatic N) is 1. The smallest absolute Gasteiger partial charge is 0.354 e. The molecule has 0 saturated carbocycles. The molecule has 2 aromatic rings. The first kappa shape index (κ1) is 18.4. The molecule has 26 heavy (non-hydrogen) atoms. The van der Waals surface area contributed by atoms with Gasteiger partial charge in [-0.2, -0.15) is 11.8 Å². The molecule has 0 aliphatic carbocycles. The summed E-state index contributed by atoms with van der Waals surface area (Å²) in [4.78, 5) is 27.1. The number of rotatable bonds is 6. The van der Waals surface area contributed by atoms with Crippen LogP contribution >= 0.6 is 11.8 Å². The largest absolute Gasteiger partial charge is 0.477 e. The normalized spacial score (nSPS) is 14.8.